The van der Waals surface area contributed by atoms with E-state index in [0.717, 1.165) is 15.5 Å². The predicted molar refractivity (Wildman–Crippen MR) is 73.9 cm³/mol. The number of anilines is 1. The second kappa shape index (κ2) is 5.35. The summed E-state index contributed by atoms with van der Waals surface area (Å²) in [5.41, 5.74) is 6.79. The molecule has 1 heterocycles. The quantitative estimate of drug-likeness (QED) is 0.862. The molecule has 1 aromatic carbocycles. The van der Waals surface area contributed by atoms with E-state index in [9.17, 15) is 0 Å². The molecule has 0 bridgehead atoms. The molecule has 2 rings (SSSR count). The monoisotopic (exact) mass is 263 g/mol. The van der Waals surface area contributed by atoms with Crippen molar-refractivity contribution in [1.29, 1.82) is 0 Å². The Labute approximate surface area is 111 Å². The van der Waals surface area contributed by atoms with Gasteiger partial charge in [0.25, 0.3) is 0 Å². The standard InChI is InChI=1S/C13H17N3OS/c1-9(2)17-11-5-4-6-12(13(11)14)18-10-7-15-16(3)8-10/h4-9H,14H2,1-3H3. The summed E-state index contributed by atoms with van der Waals surface area (Å²) in [6.07, 6.45) is 3.89. The van der Waals surface area contributed by atoms with Crippen LogP contribution in [0.5, 0.6) is 5.75 Å². The molecule has 2 aromatic rings. The van der Waals surface area contributed by atoms with E-state index in [1.54, 1.807) is 16.4 Å². The fraction of sp³-hybridized carbons (Fsp3) is 0.308. The summed E-state index contributed by atoms with van der Waals surface area (Å²) >= 11 is 1.59. The molecule has 0 spiro atoms. The summed E-state index contributed by atoms with van der Waals surface area (Å²) in [4.78, 5) is 2.05. The lowest BCUT2D eigenvalue weighted by molar-refractivity contribution is 0.243. The highest BCUT2D eigenvalue weighted by Crippen LogP contribution is 2.36. The third-order valence-corrected chi connectivity index (χ3v) is 3.32. The molecule has 2 N–H and O–H groups in total. The zero-order chi connectivity index (χ0) is 13.1. The maximum absolute atomic E-state index is 6.11. The molecule has 0 radical (unpaired) electrons. The molecular formula is C13H17N3OS. The van der Waals surface area contributed by atoms with Gasteiger partial charge < -0.3 is 10.5 Å². The number of aromatic nitrogens is 2. The summed E-state index contributed by atoms with van der Waals surface area (Å²) in [6, 6.07) is 5.83. The molecule has 0 saturated heterocycles. The molecule has 4 nitrogen and oxygen atoms in total. The fourth-order valence-corrected chi connectivity index (χ4v) is 2.46. The topological polar surface area (TPSA) is 53.1 Å². The largest absolute Gasteiger partial charge is 0.489 e. The number of para-hydroxylation sites is 1. The van der Waals surface area contributed by atoms with Crippen LogP contribution in [0.1, 0.15) is 13.8 Å². The van der Waals surface area contributed by atoms with Gasteiger partial charge in [-0.25, -0.2) is 0 Å². The Bertz CT molecular complexity index is 537. The summed E-state index contributed by atoms with van der Waals surface area (Å²) < 4.78 is 7.44. The first-order valence-corrected chi connectivity index (χ1v) is 6.59. The molecule has 0 unspecified atom stereocenters. The molecule has 18 heavy (non-hydrogen) atoms. The van der Waals surface area contributed by atoms with Crippen LogP contribution in [-0.4, -0.2) is 15.9 Å². The maximum atomic E-state index is 6.11. The minimum Gasteiger partial charge on any atom is -0.489 e. The Hall–Kier alpha value is -1.62. The van der Waals surface area contributed by atoms with Crippen LogP contribution in [0.15, 0.2) is 40.4 Å². The number of hydrogen-bond acceptors (Lipinski definition) is 4. The van der Waals surface area contributed by atoms with Gasteiger partial charge in [0.2, 0.25) is 0 Å². The Morgan fingerprint density at radius 3 is 2.78 bits per heavy atom. The first-order valence-electron chi connectivity index (χ1n) is 5.78. The van der Waals surface area contributed by atoms with Crippen LogP contribution in [0.4, 0.5) is 5.69 Å². The molecule has 96 valence electrons. The van der Waals surface area contributed by atoms with Crippen molar-refractivity contribution >= 4 is 17.4 Å². The average Bonchev–Trinajstić information content (AvgIpc) is 2.69. The van der Waals surface area contributed by atoms with Gasteiger partial charge in [-0.05, 0) is 26.0 Å². The van der Waals surface area contributed by atoms with Crippen LogP contribution in [0.25, 0.3) is 0 Å². The smallest absolute Gasteiger partial charge is 0.143 e. The van der Waals surface area contributed by atoms with Crippen molar-refractivity contribution in [2.45, 2.75) is 29.7 Å². The Morgan fingerprint density at radius 1 is 1.39 bits per heavy atom. The molecule has 0 amide bonds. The number of rotatable bonds is 4. The molecule has 0 aliphatic heterocycles. The lowest BCUT2D eigenvalue weighted by Crippen LogP contribution is -2.07. The van der Waals surface area contributed by atoms with Crippen molar-refractivity contribution in [3.63, 3.8) is 0 Å². The van der Waals surface area contributed by atoms with Crippen molar-refractivity contribution < 1.29 is 4.74 Å². The van der Waals surface area contributed by atoms with E-state index in [1.165, 1.54) is 0 Å². The Kier molecular flexibility index (Phi) is 3.81. The second-order valence-electron chi connectivity index (χ2n) is 4.29. The highest BCUT2D eigenvalue weighted by atomic mass is 32.2. The fourth-order valence-electron chi connectivity index (χ4n) is 1.55. The third kappa shape index (κ3) is 2.98. The van der Waals surface area contributed by atoms with Gasteiger partial charge in [-0.2, -0.15) is 5.10 Å². The average molecular weight is 263 g/mol. The van der Waals surface area contributed by atoms with Gasteiger partial charge in [0.1, 0.15) is 5.75 Å². The van der Waals surface area contributed by atoms with Crippen LogP contribution in [0.3, 0.4) is 0 Å². The lowest BCUT2D eigenvalue weighted by atomic mass is 10.3. The van der Waals surface area contributed by atoms with E-state index in [4.69, 9.17) is 10.5 Å². The highest BCUT2D eigenvalue weighted by Gasteiger charge is 2.09. The summed E-state index contributed by atoms with van der Waals surface area (Å²) in [6.45, 7) is 3.97. The minimum atomic E-state index is 0.117. The molecule has 0 fully saturated rings. The molecule has 0 aliphatic rings. The highest BCUT2D eigenvalue weighted by molar-refractivity contribution is 7.99. The molecular weight excluding hydrogens is 246 g/mol. The molecule has 0 saturated carbocycles. The first kappa shape index (κ1) is 12.8. The van der Waals surface area contributed by atoms with Crippen molar-refractivity contribution in [3.8, 4) is 5.75 Å². The Morgan fingerprint density at radius 2 is 2.17 bits per heavy atom. The summed E-state index contributed by atoms with van der Waals surface area (Å²) in [7, 11) is 1.89. The van der Waals surface area contributed by atoms with Gasteiger partial charge in [-0.3, -0.25) is 4.68 Å². The van der Waals surface area contributed by atoms with E-state index in [0.29, 0.717) is 5.69 Å². The van der Waals surface area contributed by atoms with Gasteiger partial charge in [-0.1, -0.05) is 17.8 Å². The minimum absolute atomic E-state index is 0.117. The summed E-state index contributed by atoms with van der Waals surface area (Å²) in [5.74, 6) is 0.735. The normalized spacial score (nSPS) is 10.9. The van der Waals surface area contributed by atoms with Gasteiger partial charge in [0.15, 0.2) is 0 Å². The summed E-state index contributed by atoms with van der Waals surface area (Å²) in [5, 5.41) is 4.14. The predicted octanol–water partition coefficient (Wildman–Crippen LogP) is 2.94. The number of hydrogen-bond donors (Lipinski definition) is 1. The van der Waals surface area contributed by atoms with E-state index in [2.05, 4.69) is 5.10 Å². The van der Waals surface area contributed by atoms with Crippen LogP contribution < -0.4 is 10.5 Å². The van der Waals surface area contributed by atoms with Crippen molar-refractivity contribution in [2.75, 3.05) is 5.73 Å². The van der Waals surface area contributed by atoms with Gasteiger partial charge in [0, 0.05) is 18.1 Å². The molecule has 0 aliphatic carbocycles. The number of nitrogen functional groups attached to an aromatic ring is 1. The molecule has 0 atom stereocenters. The zero-order valence-corrected chi connectivity index (χ0v) is 11.6. The van der Waals surface area contributed by atoms with Crippen molar-refractivity contribution in [2.24, 2.45) is 7.05 Å². The van der Waals surface area contributed by atoms with Crippen LogP contribution in [0, 0.1) is 0 Å². The number of benzene rings is 1. The van der Waals surface area contributed by atoms with Crippen LogP contribution in [-0.2, 0) is 7.05 Å². The number of aryl methyl sites for hydroxylation is 1. The number of ether oxygens (including phenoxy) is 1. The SMILES string of the molecule is CC(C)Oc1cccc(Sc2cnn(C)c2)c1N. The van der Waals surface area contributed by atoms with Crippen molar-refractivity contribution in [3.05, 3.63) is 30.6 Å². The third-order valence-electron chi connectivity index (χ3n) is 2.30. The van der Waals surface area contributed by atoms with Gasteiger partial charge >= 0.3 is 0 Å². The van der Waals surface area contributed by atoms with E-state index in [-0.39, 0.29) is 6.10 Å². The number of nitrogens with two attached hydrogens (primary N) is 1. The van der Waals surface area contributed by atoms with Gasteiger partial charge in [0.05, 0.1) is 22.9 Å². The van der Waals surface area contributed by atoms with Crippen LogP contribution >= 0.6 is 11.8 Å². The van der Waals surface area contributed by atoms with Crippen LogP contribution in [0.2, 0.25) is 0 Å². The molecule has 5 heteroatoms. The Balaban J connectivity index is 2.23. The molecule has 1 aromatic heterocycles. The van der Waals surface area contributed by atoms with E-state index < -0.39 is 0 Å². The van der Waals surface area contributed by atoms with Crippen molar-refractivity contribution in [1.82, 2.24) is 9.78 Å². The first-order chi connectivity index (χ1) is 8.56. The van der Waals surface area contributed by atoms with E-state index >= 15 is 0 Å². The maximum Gasteiger partial charge on any atom is 0.143 e. The van der Waals surface area contributed by atoms with Gasteiger partial charge in [-0.15, -0.1) is 0 Å². The lowest BCUT2D eigenvalue weighted by Gasteiger charge is -2.14. The second-order valence-corrected chi connectivity index (χ2v) is 5.40. The zero-order valence-electron chi connectivity index (χ0n) is 10.8. The van der Waals surface area contributed by atoms with E-state index in [1.807, 2.05) is 51.5 Å². The number of nitrogens with zero attached hydrogens (tertiary/aromatic N) is 2.